The highest BCUT2D eigenvalue weighted by Crippen LogP contribution is 2.14. The van der Waals surface area contributed by atoms with Crippen LogP contribution in [0.3, 0.4) is 0 Å². The van der Waals surface area contributed by atoms with Gasteiger partial charge in [0.15, 0.2) is 6.10 Å². The van der Waals surface area contributed by atoms with Crippen molar-refractivity contribution in [3.63, 3.8) is 0 Å². The van der Waals surface area contributed by atoms with Crippen LogP contribution in [0.5, 0.6) is 0 Å². The molecule has 0 aromatic carbocycles. The smallest absolute Gasteiger partial charge is 0.306 e. The Hall–Kier alpha value is -1.10. The van der Waals surface area contributed by atoms with Gasteiger partial charge in [-0.2, -0.15) is 0 Å². The predicted molar refractivity (Wildman–Crippen MR) is 118 cm³/mol. The molecule has 0 saturated heterocycles. The highest BCUT2D eigenvalue weighted by Gasteiger charge is 2.15. The van der Waals surface area contributed by atoms with E-state index >= 15 is 0 Å². The van der Waals surface area contributed by atoms with Crippen LogP contribution in [0.1, 0.15) is 123 Å². The number of hydrogen-bond acceptors (Lipinski definition) is 5. The molecule has 0 saturated carbocycles. The van der Waals surface area contributed by atoms with E-state index in [1.165, 1.54) is 77.0 Å². The van der Waals surface area contributed by atoms with Crippen molar-refractivity contribution in [1.82, 2.24) is 0 Å². The third-order valence-electron chi connectivity index (χ3n) is 5.21. The van der Waals surface area contributed by atoms with Gasteiger partial charge in [-0.1, -0.05) is 104 Å². The van der Waals surface area contributed by atoms with Gasteiger partial charge in [-0.05, 0) is 6.42 Å². The standard InChI is InChI=1S/C24H46O5/c1-3-5-6-7-8-9-10-11-12-13-14-15-16-17-18-19-24(27)29-22(20-25)21-28-23(26)4-2/h22,25H,3-21H2,1-2H3. The average Bonchev–Trinajstić information content (AvgIpc) is 2.73. The Labute approximate surface area is 178 Å². The van der Waals surface area contributed by atoms with Crippen molar-refractivity contribution in [2.45, 2.75) is 129 Å². The predicted octanol–water partition coefficient (Wildman–Crippen LogP) is 6.11. The fourth-order valence-electron chi connectivity index (χ4n) is 3.30. The van der Waals surface area contributed by atoms with Crippen molar-refractivity contribution in [3.8, 4) is 0 Å². The Morgan fingerprint density at radius 1 is 0.690 bits per heavy atom. The van der Waals surface area contributed by atoms with Gasteiger partial charge in [0, 0.05) is 12.8 Å². The second-order valence-electron chi connectivity index (χ2n) is 8.03. The van der Waals surface area contributed by atoms with Crippen molar-refractivity contribution in [2.75, 3.05) is 13.2 Å². The molecule has 0 fully saturated rings. The van der Waals surface area contributed by atoms with E-state index in [4.69, 9.17) is 9.47 Å². The van der Waals surface area contributed by atoms with Crippen molar-refractivity contribution in [2.24, 2.45) is 0 Å². The highest BCUT2D eigenvalue weighted by atomic mass is 16.6. The molecule has 0 bridgehead atoms. The molecule has 0 radical (unpaired) electrons. The highest BCUT2D eigenvalue weighted by molar-refractivity contribution is 5.70. The van der Waals surface area contributed by atoms with Crippen LogP contribution in [0.25, 0.3) is 0 Å². The first-order chi connectivity index (χ1) is 14.1. The Balaban J connectivity index is 3.38. The largest absolute Gasteiger partial charge is 0.462 e. The zero-order valence-corrected chi connectivity index (χ0v) is 19.1. The zero-order chi connectivity index (χ0) is 21.6. The minimum absolute atomic E-state index is 0.0756. The molecule has 5 nitrogen and oxygen atoms in total. The lowest BCUT2D eigenvalue weighted by atomic mass is 10.0. The number of hydrogen-bond donors (Lipinski definition) is 1. The van der Waals surface area contributed by atoms with E-state index < -0.39 is 6.10 Å². The van der Waals surface area contributed by atoms with Gasteiger partial charge in [-0.15, -0.1) is 0 Å². The van der Waals surface area contributed by atoms with Gasteiger partial charge in [-0.3, -0.25) is 9.59 Å². The lowest BCUT2D eigenvalue weighted by molar-refractivity contribution is -0.161. The summed E-state index contributed by atoms with van der Waals surface area (Å²) in [6, 6.07) is 0. The normalized spacial score (nSPS) is 12.0. The zero-order valence-electron chi connectivity index (χ0n) is 19.1. The lowest BCUT2D eigenvalue weighted by Gasteiger charge is -2.15. The van der Waals surface area contributed by atoms with Crippen LogP contribution < -0.4 is 0 Å². The number of unbranched alkanes of at least 4 members (excludes halogenated alkanes) is 14. The number of ether oxygens (including phenoxy) is 2. The molecular formula is C24H46O5. The van der Waals surface area contributed by atoms with Gasteiger partial charge < -0.3 is 14.6 Å². The van der Waals surface area contributed by atoms with Gasteiger partial charge in [0.25, 0.3) is 0 Å². The Morgan fingerprint density at radius 3 is 1.55 bits per heavy atom. The Kier molecular flexibility index (Phi) is 20.8. The topological polar surface area (TPSA) is 72.8 Å². The molecule has 29 heavy (non-hydrogen) atoms. The maximum atomic E-state index is 11.8. The molecule has 0 aliphatic rings. The summed E-state index contributed by atoms with van der Waals surface area (Å²) in [6.45, 7) is 3.55. The molecule has 0 amide bonds. The van der Waals surface area contributed by atoms with E-state index in [-0.39, 0.29) is 31.6 Å². The third kappa shape index (κ3) is 20.0. The SMILES string of the molecule is CCCCCCCCCCCCCCCCCC(=O)OC(CO)COC(=O)CC. The molecule has 1 unspecified atom stereocenters. The van der Waals surface area contributed by atoms with E-state index in [1.54, 1.807) is 6.92 Å². The summed E-state index contributed by atoms with van der Waals surface area (Å²) in [6.07, 6.45) is 19.2. The fraction of sp³-hybridized carbons (Fsp3) is 0.917. The number of rotatable bonds is 21. The Morgan fingerprint density at radius 2 is 1.14 bits per heavy atom. The van der Waals surface area contributed by atoms with Crippen molar-refractivity contribution >= 4 is 11.9 Å². The number of carbonyl (C=O) groups is 2. The van der Waals surface area contributed by atoms with E-state index in [0.29, 0.717) is 6.42 Å². The number of carbonyl (C=O) groups excluding carboxylic acids is 2. The maximum Gasteiger partial charge on any atom is 0.306 e. The molecule has 0 aromatic heterocycles. The number of esters is 2. The van der Waals surface area contributed by atoms with Crippen LogP contribution in [-0.2, 0) is 19.1 Å². The minimum atomic E-state index is -0.755. The summed E-state index contributed by atoms with van der Waals surface area (Å²) in [5.41, 5.74) is 0. The van der Waals surface area contributed by atoms with Crippen molar-refractivity contribution in [1.29, 1.82) is 0 Å². The summed E-state index contributed by atoms with van der Waals surface area (Å²) in [7, 11) is 0. The average molecular weight is 415 g/mol. The second kappa shape index (κ2) is 21.6. The van der Waals surface area contributed by atoms with Crippen LogP contribution in [-0.4, -0.2) is 36.4 Å². The number of aliphatic hydroxyl groups is 1. The van der Waals surface area contributed by atoms with Crippen molar-refractivity contribution in [3.05, 3.63) is 0 Å². The molecule has 5 heteroatoms. The van der Waals surface area contributed by atoms with E-state index in [9.17, 15) is 14.7 Å². The van der Waals surface area contributed by atoms with Gasteiger partial charge in [0.2, 0.25) is 0 Å². The monoisotopic (exact) mass is 414 g/mol. The molecule has 0 heterocycles. The summed E-state index contributed by atoms with van der Waals surface area (Å²) in [5.74, 6) is -0.687. The van der Waals surface area contributed by atoms with Crippen LogP contribution in [0.15, 0.2) is 0 Å². The molecule has 0 aliphatic carbocycles. The first kappa shape index (κ1) is 27.9. The lowest BCUT2D eigenvalue weighted by Crippen LogP contribution is -2.28. The summed E-state index contributed by atoms with van der Waals surface area (Å²) in [4.78, 5) is 22.9. The van der Waals surface area contributed by atoms with Crippen LogP contribution >= 0.6 is 0 Å². The van der Waals surface area contributed by atoms with Gasteiger partial charge in [-0.25, -0.2) is 0 Å². The fourth-order valence-corrected chi connectivity index (χ4v) is 3.30. The number of aliphatic hydroxyl groups excluding tert-OH is 1. The molecule has 0 spiro atoms. The van der Waals surface area contributed by atoms with E-state index in [0.717, 1.165) is 19.3 Å². The third-order valence-corrected chi connectivity index (χ3v) is 5.21. The van der Waals surface area contributed by atoms with Gasteiger partial charge >= 0.3 is 11.9 Å². The van der Waals surface area contributed by atoms with E-state index in [1.807, 2.05) is 0 Å². The quantitative estimate of drug-likeness (QED) is 0.181. The van der Waals surface area contributed by atoms with E-state index in [2.05, 4.69) is 6.92 Å². The first-order valence-electron chi connectivity index (χ1n) is 12.1. The van der Waals surface area contributed by atoms with Crippen LogP contribution in [0.4, 0.5) is 0 Å². The summed E-state index contributed by atoms with van der Waals surface area (Å²) < 4.78 is 10.0. The molecule has 1 N–H and O–H groups in total. The van der Waals surface area contributed by atoms with Crippen molar-refractivity contribution < 1.29 is 24.2 Å². The molecule has 0 aromatic rings. The summed E-state index contributed by atoms with van der Waals surface area (Å²) in [5, 5.41) is 9.20. The second-order valence-corrected chi connectivity index (χ2v) is 8.03. The molecular weight excluding hydrogens is 368 g/mol. The summed E-state index contributed by atoms with van der Waals surface area (Å²) >= 11 is 0. The minimum Gasteiger partial charge on any atom is -0.462 e. The van der Waals surface area contributed by atoms with Crippen LogP contribution in [0, 0.1) is 0 Å². The van der Waals surface area contributed by atoms with Gasteiger partial charge in [0.1, 0.15) is 6.61 Å². The Bertz CT molecular complexity index is 383. The maximum absolute atomic E-state index is 11.8. The van der Waals surface area contributed by atoms with Crippen LogP contribution in [0.2, 0.25) is 0 Å². The molecule has 0 aliphatic heterocycles. The van der Waals surface area contributed by atoms with Gasteiger partial charge in [0.05, 0.1) is 6.61 Å². The first-order valence-corrected chi connectivity index (χ1v) is 12.1. The molecule has 1 atom stereocenters. The molecule has 172 valence electrons. The molecule has 0 rings (SSSR count).